The molecule has 1 aromatic heterocycles. The molecule has 1 fully saturated rings. The number of hydrogen-bond donors (Lipinski definition) is 2. The van der Waals surface area contributed by atoms with Crippen LogP contribution in [0.4, 0.5) is 0 Å². The van der Waals surface area contributed by atoms with Gasteiger partial charge < -0.3 is 15.4 Å². The Bertz CT molecular complexity index is 781. The van der Waals surface area contributed by atoms with E-state index in [4.69, 9.17) is 4.74 Å². The van der Waals surface area contributed by atoms with Gasteiger partial charge >= 0.3 is 5.97 Å². The van der Waals surface area contributed by atoms with Crippen LogP contribution >= 0.6 is 12.4 Å². The highest BCUT2D eigenvalue weighted by Crippen LogP contribution is 2.28. The summed E-state index contributed by atoms with van der Waals surface area (Å²) < 4.78 is 6.94. The number of aromatic nitrogens is 2. The maximum atomic E-state index is 12.8. The largest absolute Gasteiger partial charge is 0.465 e. The van der Waals surface area contributed by atoms with E-state index >= 15 is 0 Å². The molecule has 1 aliphatic rings. The fourth-order valence-electron chi connectivity index (χ4n) is 3.54. The number of nitrogens with one attached hydrogen (secondary N) is 2. The third kappa shape index (κ3) is 5.11. The lowest BCUT2D eigenvalue weighted by Crippen LogP contribution is -2.38. The maximum Gasteiger partial charge on any atom is 0.315 e. The van der Waals surface area contributed by atoms with E-state index in [1.165, 1.54) is 0 Å². The molecule has 0 radical (unpaired) electrons. The minimum atomic E-state index is -0.513. The van der Waals surface area contributed by atoms with Gasteiger partial charge in [-0.25, -0.2) is 0 Å². The van der Waals surface area contributed by atoms with Crippen LogP contribution in [-0.2, 0) is 21.4 Å². The predicted octanol–water partition coefficient (Wildman–Crippen LogP) is 1.61. The number of carbonyl (C=O) groups is 2. The summed E-state index contributed by atoms with van der Waals surface area (Å²) in [7, 11) is 1.87. The van der Waals surface area contributed by atoms with Gasteiger partial charge in [0.15, 0.2) is 0 Å². The van der Waals surface area contributed by atoms with Gasteiger partial charge in [-0.2, -0.15) is 5.10 Å². The van der Waals surface area contributed by atoms with Gasteiger partial charge in [0.05, 0.1) is 24.6 Å². The molecule has 1 saturated heterocycles. The molecule has 1 aliphatic heterocycles. The Morgan fingerprint density at radius 1 is 1.32 bits per heavy atom. The second kappa shape index (κ2) is 10.2. The molecule has 3 atom stereocenters. The second-order valence-electron chi connectivity index (χ2n) is 6.78. The average molecular weight is 407 g/mol. The lowest BCUT2D eigenvalue weighted by molar-refractivity contribution is -0.144. The number of carbonyl (C=O) groups excluding carboxylic acids is 2. The maximum absolute atomic E-state index is 12.8. The molecule has 8 heteroatoms. The summed E-state index contributed by atoms with van der Waals surface area (Å²) in [5.41, 5.74) is 1.89. The Labute approximate surface area is 171 Å². The Balaban J connectivity index is 0.00000280. The molecule has 2 aromatic rings. The predicted molar refractivity (Wildman–Crippen MR) is 108 cm³/mol. The number of aryl methyl sites for hydroxylation is 1. The highest BCUT2D eigenvalue weighted by molar-refractivity contribution is 5.85. The van der Waals surface area contributed by atoms with Crippen LogP contribution in [0.3, 0.4) is 0 Å². The third-order valence-corrected chi connectivity index (χ3v) is 4.96. The number of benzene rings is 1. The monoisotopic (exact) mass is 406 g/mol. The van der Waals surface area contributed by atoms with E-state index in [9.17, 15) is 9.59 Å². The van der Waals surface area contributed by atoms with Gasteiger partial charge in [0, 0.05) is 38.8 Å². The molecule has 2 N–H and O–H groups in total. The zero-order valence-corrected chi connectivity index (χ0v) is 16.9. The van der Waals surface area contributed by atoms with Crippen LogP contribution in [0.1, 0.15) is 29.9 Å². The first-order valence-corrected chi connectivity index (χ1v) is 9.28. The second-order valence-corrected chi connectivity index (χ2v) is 6.78. The number of esters is 1. The van der Waals surface area contributed by atoms with Crippen LogP contribution < -0.4 is 10.6 Å². The van der Waals surface area contributed by atoms with E-state index in [-0.39, 0.29) is 42.7 Å². The number of amides is 1. The number of ether oxygens (including phenoxy) is 1. The number of rotatable bonds is 7. The zero-order chi connectivity index (χ0) is 19.2. The van der Waals surface area contributed by atoms with E-state index in [2.05, 4.69) is 15.7 Å². The molecule has 3 rings (SSSR count). The zero-order valence-electron chi connectivity index (χ0n) is 16.1. The molecule has 28 heavy (non-hydrogen) atoms. The highest BCUT2D eigenvalue weighted by Gasteiger charge is 2.35. The van der Waals surface area contributed by atoms with Crippen molar-refractivity contribution in [2.24, 2.45) is 13.0 Å². The number of nitrogens with zero attached hydrogens (tertiary/aromatic N) is 2. The molecule has 1 aromatic carbocycles. The minimum Gasteiger partial charge on any atom is -0.465 e. The smallest absolute Gasteiger partial charge is 0.315 e. The first kappa shape index (κ1) is 21.9. The van der Waals surface area contributed by atoms with Crippen molar-refractivity contribution in [2.45, 2.75) is 18.8 Å². The van der Waals surface area contributed by atoms with Crippen molar-refractivity contribution >= 4 is 24.3 Å². The topological polar surface area (TPSA) is 85.2 Å². The summed E-state index contributed by atoms with van der Waals surface area (Å²) in [6.07, 6.45) is 3.76. The Morgan fingerprint density at radius 3 is 2.71 bits per heavy atom. The van der Waals surface area contributed by atoms with Crippen molar-refractivity contribution in [3.63, 3.8) is 0 Å². The van der Waals surface area contributed by atoms with E-state index in [1.54, 1.807) is 11.6 Å². The fraction of sp³-hybridized carbons (Fsp3) is 0.450. The lowest BCUT2D eigenvalue weighted by Gasteiger charge is -2.20. The average Bonchev–Trinajstić information content (AvgIpc) is 3.31. The highest BCUT2D eigenvalue weighted by atomic mass is 35.5. The fourth-order valence-corrected chi connectivity index (χ4v) is 3.54. The minimum absolute atomic E-state index is 0. The van der Waals surface area contributed by atoms with Crippen LogP contribution in [0.15, 0.2) is 42.7 Å². The van der Waals surface area contributed by atoms with Crippen molar-refractivity contribution in [3.05, 3.63) is 53.9 Å². The molecular formula is C20H27ClN4O3. The van der Waals surface area contributed by atoms with E-state index in [0.717, 1.165) is 17.7 Å². The lowest BCUT2D eigenvalue weighted by atomic mass is 9.90. The standard InChI is InChI=1S/C20H26N4O3.ClH/c1-3-27-20(26)17(14-7-5-4-6-8-14)12-22-19(25)18-11-21-10-16(18)15-9-23-24(2)13-15;/h4-9,13,16-18,21H,3,10-12H2,1-2H3,(H,22,25);1H/t16-,17?,18+;/m1./s1. The summed E-state index contributed by atoms with van der Waals surface area (Å²) in [6.45, 7) is 3.66. The molecule has 0 bridgehead atoms. The molecule has 1 amide bonds. The molecule has 0 spiro atoms. The molecule has 152 valence electrons. The molecular weight excluding hydrogens is 380 g/mol. The van der Waals surface area contributed by atoms with Crippen molar-refractivity contribution in [1.29, 1.82) is 0 Å². The first-order chi connectivity index (χ1) is 13.1. The summed E-state index contributed by atoms with van der Waals surface area (Å²) in [5.74, 6) is -0.998. The van der Waals surface area contributed by atoms with Crippen molar-refractivity contribution in [3.8, 4) is 0 Å². The molecule has 0 saturated carbocycles. The Hall–Kier alpha value is -2.38. The van der Waals surface area contributed by atoms with Crippen molar-refractivity contribution < 1.29 is 14.3 Å². The van der Waals surface area contributed by atoms with Gasteiger partial charge in [0.25, 0.3) is 0 Å². The summed E-state index contributed by atoms with van der Waals surface area (Å²) in [6, 6.07) is 9.41. The SMILES string of the molecule is CCOC(=O)C(CNC(=O)[C@H]1CNC[C@@H]1c1cnn(C)c1)c1ccccc1.Cl. The van der Waals surface area contributed by atoms with E-state index in [1.807, 2.05) is 49.8 Å². The molecule has 2 heterocycles. The summed E-state index contributed by atoms with van der Waals surface area (Å²) in [4.78, 5) is 25.2. The van der Waals surface area contributed by atoms with Crippen molar-refractivity contribution in [1.82, 2.24) is 20.4 Å². The van der Waals surface area contributed by atoms with Crippen LogP contribution in [0, 0.1) is 5.92 Å². The first-order valence-electron chi connectivity index (χ1n) is 9.28. The quantitative estimate of drug-likeness (QED) is 0.682. The van der Waals surface area contributed by atoms with E-state index < -0.39 is 5.92 Å². The normalized spacial score (nSPS) is 19.5. The van der Waals surface area contributed by atoms with Crippen LogP contribution in [0.25, 0.3) is 0 Å². The van der Waals surface area contributed by atoms with Gasteiger partial charge in [-0.3, -0.25) is 14.3 Å². The van der Waals surface area contributed by atoms with Crippen molar-refractivity contribution in [2.75, 3.05) is 26.2 Å². The summed E-state index contributed by atoms with van der Waals surface area (Å²) >= 11 is 0. The molecule has 7 nitrogen and oxygen atoms in total. The molecule has 0 aliphatic carbocycles. The van der Waals surface area contributed by atoms with Gasteiger partial charge in [-0.05, 0) is 18.1 Å². The van der Waals surface area contributed by atoms with Gasteiger partial charge in [-0.1, -0.05) is 30.3 Å². The van der Waals surface area contributed by atoms with Gasteiger partial charge in [-0.15, -0.1) is 12.4 Å². The van der Waals surface area contributed by atoms with Crippen LogP contribution in [-0.4, -0.2) is 47.9 Å². The molecule has 1 unspecified atom stereocenters. The van der Waals surface area contributed by atoms with Crippen LogP contribution in [0.5, 0.6) is 0 Å². The number of halogens is 1. The Morgan fingerprint density at radius 2 is 2.07 bits per heavy atom. The van der Waals surface area contributed by atoms with Gasteiger partial charge in [0.1, 0.15) is 0 Å². The Kier molecular flexibility index (Phi) is 8.02. The number of hydrogen-bond acceptors (Lipinski definition) is 5. The van der Waals surface area contributed by atoms with E-state index in [0.29, 0.717) is 13.2 Å². The van der Waals surface area contributed by atoms with Crippen LogP contribution in [0.2, 0.25) is 0 Å². The van der Waals surface area contributed by atoms with Gasteiger partial charge in [0.2, 0.25) is 5.91 Å². The summed E-state index contributed by atoms with van der Waals surface area (Å²) in [5, 5.41) is 10.5. The third-order valence-electron chi connectivity index (χ3n) is 4.96.